The monoisotopic (exact) mass is 269 g/mol. The molecule has 104 valence electrons. The average molecular weight is 269 g/mol. The highest BCUT2D eigenvalue weighted by molar-refractivity contribution is 5.95. The molecule has 1 aromatic heterocycles. The second-order valence-electron chi connectivity index (χ2n) is 5.65. The average Bonchev–Trinajstić information content (AvgIpc) is 3.12. The molecule has 20 heavy (non-hydrogen) atoms. The lowest BCUT2D eigenvalue weighted by Gasteiger charge is -2.04. The van der Waals surface area contributed by atoms with Crippen LogP contribution in [-0.4, -0.2) is 15.7 Å². The number of anilines is 1. The highest BCUT2D eigenvalue weighted by Gasteiger charge is 2.43. The number of rotatable bonds is 4. The van der Waals surface area contributed by atoms with Crippen LogP contribution in [0.25, 0.3) is 0 Å². The van der Waals surface area contributed by atoms with Crippen molar-refractivity contribution in [2.24, 2.45) is 5.92 Å². The minimum absolute atomic E-state index is 0.0970. The van der Waals surface area contributed by atoms with Gasteiger partial charge in [-0.3, -0.25) is 9.48 Å². The highest BCUT2D eigenvalue weighted by Crippen LogP contribution is 2.47. The second-order valence-corrected chi connectivity index (χ2v) is 5.65. The van der Waals surface area contributed by atoms with Crippen LogP contribution < -0.4 is 5.32 Å². The fourth-order valence-electron chi connectivity index (χ4n) is 2.47. The van der Waals surface area contributed by atoms with E-state index in [1.54, 1.807) is 6.20 Å². The van der Waals surface area contributed by atoms with Crippen LogP contribution in [0.1, 0.15) is 37.8 Å². The van der Waals surface area contributed by atoms with Crippen molar-refractivity contribution in [3.8, 4) is 0 Å². The number of amides is 1. The van der Waals surface area contributed by atoms with E-state index in [1.807, 2.05) is 29.1 Å². The number of aromatic nitrogens is 2. The number of nitrogens with one attached hydrogen (secondary N) is 1. The molecule has 2 aromatic rings. The van der Waals surface area contributed by atoms with Crippen molar-refractivity contribution in [2.45, 2.75) is 32.2 Å². The van der Waals surface area contributed by atoms with Crippen LogP contribution in [0.15, 0.2) is 42.7 Å². The van der Waals surface area contributed by atoms with Gasteiger partial charge in [-0.25, -0.2) is 0 Å². The number of nitrogens with zero attached hydrogens (tertiary/aromatic N) is 2. The van der Waals surface area contributed by atoms with Crippen molar-refractivity contribution in [2.75, 3.05) is 5.32 Å². The summed E-state index contributed by atoms with van der Waals surface area (Å²) in [6.07, 6.45) is 4.52. The first-order valence-electron chi connectivity index (χ1n) is 7.05. The highest BCUT2D eigenvalue weighted by atomic mass is 16.2. The van der Waals surface area contributed by atoms with Crippen LogP contribution in [0.5, 0.6) is 0 Å². The predicted molar refractivity (Wildman–Crippen MR) is 78.5 cm³/mol. The van der Waals surface area contributed by atoms with Crippen LogP contribution in [0.2, 0.25) is 0 Å². The SMILES string of the molecule is CC(C)n1cc(NC(=O)C2CC2c2ccccc2)cn1. The molecule has 1 aromatic carbocycles. The van der Waals surface area contributed by atoms with E-state index >= 15 is 0 Å². The lowest BCUT2D eigenvalue weighted by Crippen LogP contribution is -2.14. The van der Waals surface area contributed by atoms with E-state index in [0.29, 0.717) is 12.0 Å². The fraction of sp³-hybridized carbons (Fsp3) is 0.375. The summed E-state index contributed by atoms with van der Waals surface area (Å²) in [6.45, 7) is 4.12. The quantitative estimate of drug-likeness (QED) is 0.926. The molecule has 1 saturated carbocycles. The molecule has 0 spiro atoms. The van der Waals surface area contributed by atoms with E-state index in [1.165, 1.54) is 5.56 Å². The molecule has 0 saturated heterocycles. The molecule has 4 nitrogen and oxygen atoms in total. The Morgan fingerprint density at radius 2 is 2.10 bits per heavy atom. The normalized spacial score (nSPS) is 20.9. The molecule has 3 rings (SSSR count). The molecule has 0 aliphatic heterocycles. The third kappa shape index (κ3) is 2.59. The summed E-state index contributed by atoms with van der Waals surface area (Å²) in [7, 11) is 0. The first-order valence-corrected chi connectivity index (χ1v) is 7.05. The third-order valence-electron chi connectivity index (χ3n) is 3.75. The minimum atomic E-state index is 0.0970. The molecule has 2 unspecified atom stereocenters. The van der Waals surface area contributed by atoms with Crippen molar-refractivity contribution in [1.82, 2.24) is 9.78 Å². The molecule has 1 heterocycles. The summed E-state index contributed by atoms with van der Waals surface area (Å²) in [5, 5.41) is 7.18. The van der Waals surface area contributed by atoms with Gasteiger partial charge >= 0.3 is 0 Å². The van der Waals surface area contributed by atoms with Crippen molar-refractivity contribution in [3.05, 3.63) is 48.3 Å². The van der Waals surface area contributed by atoms with Gasteiger partial charge in [0.05, 0.1) is 11.9 Å². The Labute approximate surface area is 118 Å². The molecule has 1 fully saturated rings. The van der Waals surface area contributed by atoms with Gasteiger partial charge in [-0.05, 0) is 31.7 Å². The van der Waals surface area contributed by atoms with Gasteiger partial charge in [-0.2, -0.15) is 5.10 Å². The van der Waals surface area contributed by atoms with E-state index in [-0.39, 0.29) is 11.8 Å². The predicted octanol–water partition coefficient (Wildman–Crippen LogP) is 3.21. The summed E-state index contributed by atoms with van der Waals surface area (Å²) in [4.78, 5) is 12.2. The number of hydrogen-bond acceptors (Lipinski definition) is 2. The Bertz CT molecular complexity index is 603. The van der Waals surface area contributed by atoms with Gasteiger partial charge in [0.1, 0.15) is 0 Å². The van der Waals surface area contributed by atoms with Gasteiger partial charge < -0.3 is 5.32 Å². The summed E-state index contributed by atoms with van der Waals surface area (Å²) >= 11 is 0. The number of carbonyl (C=O) groups excluding carboxylic acids is 1. The molecule has 1 N–H and O–H groups in total. The molecule has 1 aliphatic rings. The van der Waals surface area contributed by atoms with E-state index in [4.69, 9.17) is 0 Å². The Morgan fingerprint density at radius 3 is 2.75 bits per heavy atom. The largest absolute Gasteiger partial charge is 0.323 e. The Kier molecular flexibility index (Phi) is 3.30. The van der Waals surface area contributed by atoms with E-state index < -0.39 is 0 Å². The number of benzene rings is 1. The van der Waals surface area contributed by atoms with Crippen molar-refractivity contribution in [1.29, 1.82) is 0 Å². The Morgan fingerprint density at radius 1 is 1.35 bits per heavy atom. The maximum absolute atomic E-state index is 12.2. The van der Waals surface area contributed by atoms with Crippen LogP contribution in [0, 0.1) is 5.92 Å². The molecular formula is C16H19N3O. The maximum atomic E-state index is 12.2. The van der Waals surface area contributed by atoms with E-state index in [2.05, 4.69) is 36.4 Å². The van der Waals surface area contributed by atoms with Crippen LogP contribution in [0.4, 0.5) is 5.69 Å². The molecule has 0 bridgehead atoms. The second kappa shape index (κ2) is 5.12. The van der Waals surface area contributed by atoms with Crippen molar-refractivity contribution < 1.29 is 4.79 Å². The Balaban J connectivity index is 1.61. The fourth-order valence-corrected chi connectivity index (χ4v) is 2.47. The first kappa shape index (κ1) is 12.9. The lowest BCUT2D eigenvalue weighted by atomic mass is 10.1. The van der Waals surface area contributed by atoms with Crippen molar-refractivity contribution in [3.63, 3.8) is 0 Å². The number of hydrogen-bond donors (Lipinski definition) is 1. The molecule has 1 amide bonds. The summed E-state index contributed by atoms with van der Waals surface area (Å²) in [5.41, 5.74) is 2.04. The zero-order valence-corrected chi connectivity index (χ0v) is 11.8. The van der Waals surface area contributed by atoms with Gasteiger partial charge in [-0.1, -0.05) is 30.3 Å². The first-order chi connectivity index (χ1) is 9.65. The zero-order chi connectivity index (χ0) is 14.1. The van der Waals surface area contributed by atoms with E-state index in [9.17, 15) is 4.79 Å². The molecule has 0 radical (unpaired) electrons. The summed E-state index contributed by atoms with van der Waals surface area (Å²) < 4.78 is 1.84. The van der Waals surface area contributed by atoms with Gasteiger partial charge in [0, 0.05) is 18.2 Å². The van der Waals surface area contributed by atoms with E-state index in [0.717, 1.165) is 12.1 Å². The minimum Gasteiger partial charge on any atom is -0.323 e. The van der Waals surface area contributed by atoms with Crippen LogP contribution in [0.3, 0.4) is 0 Å². The van der Waals surface area contributed by atoms with Crippen LogP contribution in [-0.2, 0) is 4.79 Å². The maximum Gasteiger partial charge on any atom is 0.228 e. The van der Waals surface area contributed by atoms with Gasteiger partial charge in [0.15, 0.2) is 0 Å². The van der Waals surface area contributed by atoms with Crippen LogP contribution >= 0.6 is 0 Å². The van der Waals surface area contributed by atoms with Gasteiger partial charge in [0.2, 0.25) is 5.91 Å². The molecular weight excluding hydrogens is 250 g/mol. The topological polar surface area (TPSA) is 46.9 Å². The lowest BCUT2D eigenvalue weighted by molar-refractivity contribution is -0.117. The summed E-state index contributed by atoms with van der Waals surface area (Å²) in [5.74, 6) is 0.568. The van der Waals surface area contributed by atoms with Gasteiger partial charge in [0.25, 0.3) is 0 Å². The van der Waals surface area contributed by atoms with Gasteiger partial charge in [-0.15, -0.1) is 0 Å². The molecule has 4 heteroatoms. The smallest absolute Gasteiger partial charge is 0.228 e. The standard InChI is InChI=1S/C16H19N3O/c1-11(2)19-10-13(9-17-19)18-16(20)15-8-14(15)12-6-4-3-5-7-12/h3-7,9-11,14-15H,8H2,1-2H3,(H,18,20). The molecule has 2 atom stereocenters. The zero-order valence-electron chi connectivity index (χ0n) is 11.8. The third-order valence-corrected chi connectivity index (χ3v) is 3.75. The summed E-state index contributed by atoms with van der Waals surface area (Å²) in [6, 6.07) is 10.5. The van der Waals surface area contributed by atoms with Crippen molar-refractivity contribution >= 4 is 11.6 Å². The number of carbonyl (C=O) groups is 1. The Hall–Kier alpha value is -2.10. The molecule has 1 aliphatic carbocycles.